The van der Waals surface area contributed by atoms with Crippen LogP contribution in [0.15, 0.2) is 23.3 Å². The van der Waals surface area contributed by atoms with Crippen LogP contribution in [0.5, 0.6) is 0 Å². The van der Waals surface area contributed by atoms with E-state index in [1.54, 1.807) is 13.0 Å². The van der Waals surface area contributed by atoms with Crippen molar-refractivity contribution in [3.05, 3.63) is 44.3 Å². The fourth-order valence-corrected chi connectivity index (χ4v) is 0.912. The zero-order chi connectivity index (χ0) is 9.84. The predicted molar refractivity (Wildman–Crippen MR) is 46.6 cm³/mol. The Hall–Kier alpha value is -2.07. The van der Waals surface area contributed by atoms with Gasteiger partial charge in [-0.3, -0.25) is 10.1 Å². The van der Waals surface area contributed by atoms with Gasteiger partial charge in [-0.05, 0) is 24.1 Å². The molecule has 0 aliphatic heterocycles. The Balaban J connectivity index is 3.34. The third-order valence-corrected chi connectivity index (χ3v) is 1.48. The van der Waals surface area contributed by atoms with Gasteiger partial charge in [0.15, 0.2) is 0 Å². The lowest BCUT2D eigenvalue weighted by Gasteiger charge is -1.96. The second-order valence-corrected chi connectivity index (χ2v) is 2.44. The molecule has 0 aromatic heterocycles. The summed E-state index contributed by atoms with van der Waals surface area (Å²) in [5, 5.41) is 13.7. The number of rotatable bonds is 2. The minimum absolute atomic E-state index is 0.0399. The number of benzene rings is 1. The Morgan fingerprint density at radius 2 is 2.31 bits per heavy atom. The van der Waals surface area contributed by atoms with Crippen LogP contribution in [0.4, 0.5) is 11.4 Å². The summed E-state index contributed by atoms with van der Waals surface area (Å²) in [7, 11) is 0. The molecule has 0 heterocycles. The van der Waals surface area contributed by atoms with E-state index in [4.69, 9.17) is 5.53 Å². The maximum absolute atomic E-state index is 10.5. The highest BCUT2D eigenvalue weighted by Crippen LogP contribution is 2.27. The monoisotopic (exact) mass is 178 g/mol. The molecule has 13 heavy (non-hydrogen) atoms. The summed E-state index contributed by atoms with van der Waals surface area (Å²) in [5.41, 5.74) is 8.76. The molecule has 6 nitrogen and oxygen atoms in total. The molecule has 66 valence electrons. The van der Waals surface area contributed by atoms with Crippen LogP contribution in [0, 0.1) is 17.0 Å². The first kappa shape index (κ1) is 9.02. The SMILES string of the molecule is Cc1ccc(N=[N+]=[N-])c([N+](=O)[O-])c1. The van der Waals surface area contributed by atoms with Crippen molar-refractivity contribution in [1.29, 1.82) is 0 Å². The van der Waals surface area contributed by atoms with Crippen LogP contribution < -0.4 is 0 Å². The van der Waals surface area contributed by atoms with E-state index >= 15 is 0 Å². The molecule has 0 saturated carbocycles. The Labute approximate surface area is 73.6 Å². The van der Waals surface area contributed by atoms with Crippen molar-refractivity contribution in [3.63, 3.8) is 0 Å². The molecule has 0 saturated heterocycles. The summed E-state index contributed by atoms with van der Waals surface area (Å²) in [6, 6.07) is 4.44. The van der Waals surface area contributed by atoms with E-state index in [9.17, 15) is 10.1 Å². The fourth-order valence-electron chi connectivity index (χ4n) is 0.912. The van der Waals surface area contributed by atoms with E-state index in [0.717, 1.165) is 5.56 Å². The number of azide groups is 1. The van der Waals surface area contributed by atoms with Crippen molar-refractivity contribution in [2.24, 2.45) is 5.11 Å². The van der Waals surface area contributed by atoms with Crippen molar-refractivity contribution in [2.45, 2.75) is 6.92 Å². The molecule has 1 aromatic rings. The number of nitrogens with zero attached hydrogens (tertiary/aromatic N) is 4. The molecular weight excluding hydrogens is 172 g/mol. The van der Waals surface area contributed by atoms with Crippen molar-refractivity contribution in [2.75, 3.05) is 0 Å². The summed E-state index contributed by atoms with van der Waals surface area (Å²) >= 11 is 0. The maximum Gasteiger partial charge on any atom is 0.279 e. The van der Waals surface area contributed by atoms with E-state index in [1.807, 2.05) is 0 Å². The summed E-state index contributed by atoms with van der Waals surface area (Å²) in [6.07, 6.45) is 0. The highest BCUT2D eigenvalue weighted by molar-refractivity contribution is 5.58. The van der Waals surface area contributed by atoms with Gasteiger partial charge >= 0.3 is 0 Å². The van der Waals surface area contributed by atoms with Crippen LogP contribution in [0.25, 0.3) is 10.4 Å². The Bertz CT molecular complexity index is 395. The zero-order valence-corrected chi connectivity index (χ0v) is 6.84. The molecule has 0 spiro atoms. The average molecular weight is 178 g/mol. The summed E-state index contributed by atoms with van der Waals surface area (Å²) in [4.78, 5) is 12.4. The second kappa shape index (κ2) is 3.55. The van der Waals surface area contributed by atoms with E-state index in [1.165, 1.54) is 12.1 Å². The smallest absolute Gasteiger partial charge is 0.258 e. The predicted octanol–water partition coefficient (Wildman–Crippen LogP) is 2.85. The molecule has 0 bridgehead atoms. The van der Waals surface area contributed by atoms with Gasteiger partial charge < -0.3 is 0 Å². The van der Waals surface area contributed by atoms with Crippen LogP contribution in [0.2, 0.25) is 0 Å². The second-order valence-electron chi connectivity index (χ2n) is 2.44. The van der Waals surface area contributed by atoms with Crippen molar-refractivity contribution in [3.8, 4) is 0 Å². The first-order valence-corrected chi connectivity index (χ1v) is 3.45. The Kier molecular flexibility index (Phi) is 2.47. The third kappa shape index (κ3) is 1.94. The maximum atomic E-state index is 10.5. The normalized spacial score (nSPS) is 9.00. The fraction of sp³-hybridized carbons (Fsp3) is 0.143. The minimum Gasteiger partial charge on any atom is -0.258 e. The molecule has 0 atom stereocenters. The topological polar surface area (TPSA) is 91.9 Å². The molecular formula is C7H6N4O2. The molecule has 0 aliphatic rings. The highest BCUT2D eigenvalue weighted by atomic mass is 16.6. The molecule has 0 amide bonds. The Morgan fingerprint density at radius 1 is 1.62 bits per heavy atom. The van der Waals surface area contributed by atoms with Gasteiger partial charge in [-0.15, -0.1) is 0 Å². The number of hydrogen-bond donors (Lipinski definition) is 0. The van der Waals surface area contributed by atoms with Crippen LogP contribution in [0.3, 0.4) is 0 Å². The molecule has 0 unspecified atom stereocenters. The first-order chi connectivity index (χ1) is 6.15. The molecule has 0 aliphatic carbocycles. The van der Waals surface area contributed by atoms with Gasteiger partial charge in [-0.1, -0.05) is 11.2 Å². The number of hydrogen-bond acceptors (Lipinski definition) is 3. The molecule has 1 aromatic carbocycles. The van der Waals surface area contributed by atoms with E-state index in [0.29, 0.717) is 0 Å². The van der Waals surface area contributed by atoms with Crippen LogP contribution in [0.1, 0.15) is 5.56 Å². The van der Waals surface area contributed by atoms with Gasteiger partial charge in [-0.25, -0.2) is 0 Å². The minimum atomic E-state index is -0.572. The number of nitro benzene ring substituents is 1. The highest BCUT2D eigenvalue weighted by Gasteiger charge is 2.11. The number of aryl methyl sites for hydroxylation is 1. The molecule has 6 heteroatoms. The summed E-state index contributed by atoms with van der Waals surface area (Å²) in [6.45, 7) is 1.73. The van der Waals surface area contributed by atoms with Gasteiger partial charge in [0.25, 0.3) is 5.69 Å². The van der Waals surface area contributed by atoms with Gasteiger partial charge in [0.2, 0.25) is 0 Å². The van der Waals surface area contributed by atoms with Gasteiger partial charge in [0.1, 0.15) is 5.69 Å². The lowest BCUT2D eigenvalue weighted by molar-refractivity contribution is -0.384. The molecule has 0 radical (unpaired) electrons. The van der Waals surface area contributed by atoms with Gasteiger partial charge in [0, 0.05) is 11.0 Å². The lowest BCUT2D eigenvalue weighted by atomic mass is 10.2. The average Bonchev–Trinajstić information content (AvgIpc) is 2.08. The van der Waals surface area contributed by atoms with E-state index < -0.39 is 4.92 Å². The Morgan fingerprint density at radius 3 is 2.85 bits per heavy atom. The third-order valence-electron chi connectivity index (χ3n) is 1.48. The van der Waals surface area contributed by atoms with Crippen molar-refractivity contribution >= 4 is 11.4 Å². The number of nitro groups is 1. The standard InChI is InChI=1S/C7H6N4O2/c1-5-2-3-6(9-10-8)7(4-5)11(12)13/h2-4H,1H3. The first-order valence-electron chi connectivity index (χ1n) is 3.45. The van der Waals surface area contributed by atoms with Gasteiger partial charge in [-0.2, -0.15) is 0 Å². The largest absolute Gasteiger partial charge is 0.279 e. The van der Waals surface area contributed by atoms with Crippen molar-refractivity contribution in [1.82, 2.24) is 0 Å². The quantitative estimate of drug-likeness (QED) is 0.229. The lowest BCUT2D eigenvalue weighted by Crippen LogP contribution is -1.88. The van der Waals surface area contributed by atoms with E-state index in [-0.39, 0.29) is 11.4 Å². The van der Waals surface area contributed by atoms with E-state index in [2.05, 4.69) is 10.0 Å². The zero-order valence-electron chi connectivity index (χ0n) is 6.84. The summed E-state index contributed by atoms with van der Waals surface area (Å²) in [5.74, 6) is 0. The van der Waals surface area contributed by atoms with Gasteiger partial charge in [0.05, 0.1) is 4.92 Å². The van der Waals surface area contributed by atoms with Crippen molar-refractivity contribution < 1.29 is 4.92 Å². The molecule has 0 N–H and O–H groups in total. The van der Waals surface area contributed by atoms with Crippen LogP contribution >= 0.6 is 0 Å². The summed E-state index contributed by atoms with van der Waals surface area (Å²) < 4.78 is 0. The van der Waals surface area contributed by atoms with Crippen LogP contribution in [-0.4, -0.2) is 4.92 Å². The van der Waals surface area contributed by atoms with Crippen LogP contribution in [-0.2, 0) is 0 Å². The molecule has 1 rings (SSSR count). The molecule has 0 fully saturated rings.